The van der Waals surface area contributed by atoms with E-state index in [0.717, 1.165) is 11.6 Å². The monoisotopic (exact) mass is 301 g/mol. The minimum atomic E-state index is 0.216. The van der Waals surface area contributed by atoms with E-state index < -0.39 is 0 Å². The summed E-state index contributed by atoms with van der Waals surface area (Å²) in [4.78, 5) is 0. The highest BCUT2D eigenvalue weighted by atomic mass is 35.5. The molecule has 0 saturated heterocycles. The average molecular weight is 302 g/mol. The topological polar surface area (TPSA) is 12.0 Å². The fraction of sp³-hybridized carbons (Fsp3) is 0.368. The summed E-state index contributed by atoms with van der Waals surface area (Å²) in [6, 6.07) is 10.9. The Labute approximate surface area is 133 Å². The number of nitrogens with one attached hydrogen (secondary N) is 1. The van der Waals surface area contributed by atoms with E-state index >= 15 is 0 Å². The molecule has 2 rings (SSSR count). The molecule has 2 aromatic carbocycles. The molecule has 0 bridgehead atoms. The van der Waals surface area contributed by atoms with Crippen LogP contribution in [0, 0.1) is 27.7 Å². The zero-order valence-electron chi connectivity index (χ0n) is 13.5. The molecule has 2 heteroatoms. The van der Waals surface area contributed by atoms with Gasteiger partial charge in [-0.2, -0.15) is 0 Å². The summed E-state index contributed by atoms with van der Waals surface area (Å²) in [5.41, 5.74) is 7.91. The maximum Gasteiger partial charge on any atom is 0.0584 e. The van der Waals surface area contributed by atoms with E-state index in [1.807, 2.05) is 12.1 Å². The maximum atomic E-state index is 6.11. The van der Waals surface area contributed by atoms with Gasteiger partial charge in [-0.15, -0.1) is 0 Å². The van der Waals surface area contributed by atoms with Gasteiger partial charge in [0.05, 0.1) is 6.04 Å². The van der Waals surface area contributed by atoms with Crippen LogP contribution in [0.5, 0.6) is 0 Å². The third kappa shape index (κ3) is 3.48. The van der Waals surface area contributed by atoms with E-state index in [9.17, 15) is 0 Å². The minimum absolute atomic E-state index is 0.216. The summed E-state index contributed by atoms with van der Waals surface area (Å²) >= 11 is 6.11. The lowest BCUT2D eigenvalue weighted by Crippen LogP contribution is -2.24. The number of benzene rings is 2. The van der Waals surface area contributed by atoms with Crippen LogP contribution < -0.4 is 5.32 Å². The van der Waals surface area contributed by atoms with E-state index in [4.69, 9.17) is 11.6 Å². The predicted molar refractivity (Wildman–Crippen MR) is 92.4 cm³/mol. The van der Waals surface area contributed by atoms with Gasteiger partial charge in [-0.3, -0.25) is 0 Å². The van der Waals surface area contributed by atoms with Gasteiger partial charge < -0.3 is 5.32 Å². The van der Waals surface area contributed by atoms with Crippen molar-refractivity contribution in [3.63, 3.8) is 0 Å². The third-order valence-electron chi connectivity index (χ3n) is 3.98. The van der Waals surface area contributed by atoms with Gasteiger partial charge in [-0.05, 0) is 74.2 Å². The Hall–Kier alpha value is -1.31. The molecule has 0 radical (unpaired) electrons. The highest BCUT2D eigenvalue weighted by molar-refractivity contribution is 6.30. The molecule has 2 aromatic rings. The van der Waals surface area contributed by atoms with Gasteiger partial charge in [0.2, 0.25) is 0 Å². The zero-order chi connectivity index (χ0) is 15.6. The first kappa shape index (κ1) is 16.1. The summed E-state index contributed by atoms with van der Waals surface area (Å²) < 4.78 is 0. The third-order valence-corrected chi connectivity index (χ3v) is 4.21. The molecule has 0 spiro atoms. The number of aryl methyl sites for hydroxylation is 4. The quantitative estimate of drug-likeness (QED) is 0.811. The average Bonchev–Trinajstić information content (AvgIpc) is 2.37. The van der Waals surface area contributed by atoms with E-state index in [1.165, 1.54) is 33.4 Å². The second-order valence-electron chi connectivity index (χ2n) is 5.80. The fourth-order valence-electron chi connectivity index (χ4n) is 3.18. The molecule has 1 atom stereocenters. The number of halogens is 1. The summed E-state index contributed by atoms with van der Waals surface area (Å²) in [6.07, 6.45) is 0. The highest BCUT2D eigenvalue weighted by Gasteiger charge is 2.19. The predicted octanol–water partition coefficient (Wildman–Crippen LogP) is 5.27. The van der Waals surface area contributed by atoms with Crippen LogP contribution in [0.3, 0.4) is 0 Å². The molecule has 1 unspecified atom stereocenters. The SMILES string of the molecule is CCNC(c1ccc(Cl)cc1C)c1c(C)cc(C)cc1C. The lowest BCUT2D eigenvalue weighted by Gasteiger charge is -2.25. The van der Waals surface area contributed by atoms with Gasteiger partial charge in [-0.1, -0.05) is 42.3 Å². The lowest BCUT2D eigenvalue weighted by molar-refractivity contribution is 0.621. The minimum Gasteiger partial charge on any atom is -0.307 e. The molecule has 21 heavy (non-hydrogen) atoms. The van der Waals surface area contributed by atoms with Crippen LogP contribution in [0.15, 0.2) is 30.3 Å². The molecule has 1 N–H and O–H groups in total. The molecule has 0 aromatic heterocycles. The van der Waals surface area contributed by atoms with Crippen LogP contribution in [0.4, 0.5) is 0 Å². The summed E-state index contributed by atoms with van der Waals surface area (Å²) in [6.45, 7) is 11.8. The van der Waals surface area contributed by atoms with Crippen molar-refractivity contribution in [2.75, 3.05) is 6.54 Å². The van der Waals surface area contributed by atoms with Crippen molar-refractivity contribution >= 4 is 11.6 Å². The van der Waals surface area contributed by atoms with Crippen molar-refractivity contribution < 1.29 is 0 Å². The highest BCUT2D eigenvalue weighted by Crippen LogP contribution is 2.31. The molecule has 0 aliphatic heterocycles. The summed E-state index contributed by atoms with van der Waals surface area (Å²) in [7, 11) is 0. The van der Waals surface area contributed by atoms with Crippen molar-refractivity contribution in [1.82, 2.24) is 5.32 Å². The van der Waals surface area contributed by atoms with E-state index in [2.05, 4.69) is 58.1 Å². The van der Waals surface area contributed by atoms with E-state index in [1.54, 1.807) is 0 Å². The number of hydrogen-bond acceptors (Lipinski definition) is 1. The van der Waals surface area contributed by atoms with Crippen LogP contribution >= 0.6 is 11.6 Å². The Morgan fingerprint density at radius 2 is 1.57 bits per heavy atom. The largest absolute Gasteiger partial charge is 0.307 e. The molecular formula is C19H24ClN. The second-order valence-corrected chi connectivity index (χ2v) is 6.24. The first-order valence-electron chi connectivity index (χ1n) is 7.51. The lowest BCUT2D eigenvalue weighted by atomic mass is 9.88. The standard InChI is InChI=1S/C19H24ClN/c1-6-21-19(17-8-7-16(20)11-13(17)3)18-14(4)9-12(2)10-15(18)5/h7-11,19,21H,6H2,1-5H3. The Morgan fingerprint density at radius 1 is 0.952 bits per heavy atom. The van der Waals surface area contributed by atoms with E-state index in [-0.39, 0.29) is 6.04 Å². The van der Waals surface area contributed by atoms with Gasteiger partial charge in [0, 0.05) is 5.02 Å². The normalized spacial score (nSPS) is 12.5. The Kier molecular flexibility index (Phi) is 5.08. The molecule has 0 fully saturated rings. The number of hydrogen-bond donors (Lipinski definition) is 1. The maximum absolute atomic E-state index is 6.11. The second kappa shape index (κ2) is 6.64. The first-order chi connectivity index (χ1) is 9.93. The van der Waals surface area contributed by atoms with Gasteiger partial charge in [0.25, 0.3) is 0 Å². The van der Waals surface area contributed by atoms with Crippen LogP contribution in [0.25, 0.3) is 0 Å². The van der Waals surface area contributed by atoms with Crippen molar-refractivity contribution in [1.29, 1.82) is 0 Å². The van der Waals surface area contributed by atoms with Gasteiger partial charge in [0.15, 0.2) is 0 Å². The smallest absolute Gasteiger partial charge is 0.0584 e. The van der Waals surface area contributed by atoms with E-state index in [0.29, 0.717) is 0 Å². The molecule has 0 saturated carbocycles. The van der Waals surface area contributed by atoms with Crippen LogP contribution in [0.2, 0.25) is 5.02 Å². The molecular weight excluding hydrogens is 278 g/mol. The van der Waals surface area contributed by atoms with Gasteiger partial charge in [-0.25, -0.2) is 0 Å². The Bertz CT molecular complexity index is 623. The first-order valence-corrected chi connectivity index (χ1v) is 7.89. The molecule has 1 nitrogen and oxygen atoms in total. The molecule has 0 heterocycles. The molecule has 0 aliphatic rings. The van der Waals surface area contributed by atoms with Crippen molar-refractivity contribution in [2.24, 2.45) is 0 Å². The van der Waals surface area contributed by atoms with Crippen LogP contribution in [0.1, 0.15) is 46.3 Å². The molecule has 112 valence electrons. The van der Waals surface area contributed by atoms with Gasteiger partial charge in [0.1, 0.15) is 0 Å². The fourth-order valence-corrected chi connectivity index (χ4v) is 3.41. The van der Waals surface area contributed by atoms with Crippen LogP contribution in [-0.2, 0) is 0 Å². The van der Waals surface area contributed by atoms with Crippen molar-refractivity contribution in [3.8, 4) is 0 Å². The summed E-state index contributed by atoms with van der Waals surface area (Å²) in [5.74, 6) is 0. The van der Waals surface area contributed by atoms with Crippen LogP contribution in [-0.4, -0.2) is 6.54 Å². The Balaban J connectivity index is 2.59. The molecule has 0 amide bonds. The van der Waals surface area contributed by atoms with Gasteiger partial charge >= 0.3 is 0 Å². The molecule has 0 aliphatic carbocycles. The van der Waals surface area contributed by atoms with Crippen molar-refractivity contribution in [2.45, 2.75) is 40.7 Å². The summed E-state index contributed by atoms with van der Waals surface area (Å²) in [5, 5.41) is 4.43. The number of rotatable bonds is 4. The zero-order valence-corrected chi connectivity index (χ0v) is 14.3. The Morgan fingerprint density at radius 3 is 2.10 bits per heavy atom. The van der Waals surface area contributed by atoms with Crippen molar-refractivity contribution in [3.05, 3.63) is 68.7 Å².